The fraction of sp³-hybridized carbons (Fsp3) is 0.154. The van der Waals surface area contributed by atoms with Gasteiger partial charge in [0.1, 0.15) is 18.6 Å². The number of nitrogens with one attached hydrogen (secondary N) is 1. The summed E-state index contributed by atoms with van der Waals surface area (Å²) >= 11 is 1.27. The van der Waals surface area contributed by atoms with E-state index in [1.807, 2.05) is 0 Å². The molecule has 0 aliphatic carbocycles. The lowest BCUT2D eigenvalue weighted by atomic mass is 10.3. The Hall–Kier alpha value is -2.75. The molecule has 23 heavy (non-hydrogen) atoms. The lowest BCUT2D eigenvalue weighted by Gasteiger charge is -2.07. The van der Waals surface area contributed by atoms with Gasteiger partial charge in [0.2, 0.25) is 5.82 Å². The third-order valence-corrected chi connectivity index (χ3v) is 3.71. The average molecular weight is 340 g/mol. The highest BCUT2D eigenvalue weighted by molar-refractivity contribution is 7.15. The molecule has 0 aliphatic rings. The summed E-state index contributed by atoms with van der Waals surface area (Å²) in [5, 5.41) is 15.6. The molecule has 0 amide bonds. The first-order valence-electron chi connectivity index (χ1n) is 6.48. The van der Waals surface area contributed by atoms with E-state index in [9.17, 15) is 18.9 Å². The maximum atomic E-state index is 13.4. The molecule has 1 aromatic carbocycles. The molecule has 2 heterocycles. The fourth-order valence-corrected chi connectivity index (χ4v) is 2.70. The van der Waals surface area contributed by atoms with Gasteiger partial charge in [-0.15, -0.1) is 0 Å². The number of hydrogen-bond donors (Lipinski definition) is 1. The molecule has 0 saturated carbocycles. The highest BCUT2D eigenvalue weighted by Crippen LogP contribution is 2.27. The molecule has 0 fully saturated rings. The zero-order valence-corrected chi connectivity index (χ0v) is 12.3. The Labute approximate surface area is 132 Å². The number of aromatic nitrogens is 2. The highest BCUT2D eigenvalue weighted by atomic mass is 32.1. The van der Waals surface area contributed by atoms with Gasteiger partial charge in [-0.25, -0.2) is 8.78 Å². The van der Waals surface area contributed by atoms with Crippen molar-refractivity contribution in [3.05, 3.63) is 51.5 Å². The molecular formula is C13H10F2N4O3S. The van der Waals surface area contributed by atoms with Crippen LogP contribution in [0.2, 0.25) is 0 Å². The minimum atomic E-state index is -0.807. The van der Waals surface area contributed by atoms with E-state index in [-0.39, 0.29) is 30.5 Å². The van der Waals surface area contributed by atoms with E-state index in [1.54, 1.807) is 11.6 Å². The average Bonchev–Trinajstić information content (AvgIpc) is 3.05. The Kier molecular flexibility index (Phi) is 4.06. The van der Waals surface area contributed by atoms with E-state index in [0.29, 0.717) is 4.96 Å². The Bertz CT molecular complexity index is 864. The van der Waals surface area contributed by atoms with Gasteiger partial charge in [-0.05, 0) is 17.1 Å². The molecule has 2 aromatic heterocycles. The number of imidazole rings is 1. The van der Waals surface area contributed by atoms with Crippen LogP contribution in [0.1, 0.15) is 0 Å². The summed E-state index contributed by atoms with van der Waals surface area (Å²) in [6.07, 6.45) is 1.56. The lowest BCUT2D eigenvalue weighted by molar-refractivity contribution is -0.389. The number of rotatable bonds is 6. The first-order valence-corrected chi connectivity index (χ1v) is 7.36. The van der Waals surface area contributed by atoms with Crippen LogP contribution in [0, 0.1) is 21.7 Å². The molecule has 0 unspecified atom stereocenters. The number of benzene rings is 1. The SMILES string of the molecule is O=[N+]([O-])c1c(NCCOc2ccc(F)cc2F)nc2sccn12. The molecule has 0 aliphatic heterocycles. The topological polar surface area (TPSA) is 81.7 Å². The molecule has 0 saturated heterocycles. The van der Waals surface area contributed by atoms with Crippen molar-refractivity contribution in [2.45, 2.75) is 0 Å². The second-order valence-corrected chi connectivity index (χ2v) is 5.32. The Morgan fingerprint density at radius 2 is 2.26 bits per heavy atom. The lowest BCUT2D eigenvalue weighted by Crippen LogP contribution is -2.13. The molecule has 0 spiro atoms. The summed E-state index contributed by atoms with van der Waals surface area (Å²) < 4.78 is 32.7. The highest BCUT2D eigenvalue weighted by Gasteiger charge is 2.23. The standard InChI is InChI=1S/C13H10F2N4O3S/c14-8-1-2-10(9(15)7-8)22-5-3-16-11-12(19(20)21)18-4-6-23-13(18)17-11/h1-2,4,6-7,16H,3,5H2. The van der Waals surface area contributed by atoms with Gasteiger partial charge in [-0.1, -0.05) is 11.3 Å². The zero-order chi connectivity index (χ0) is 16.4. The first kappa shape index (κ1) is 15.2. The molecule has 0 atom stereocenters. The second kappa shape index (κ2) is 6.16. The van der Waals surface area contributed by atoms with Crippen LogP contribution in [-0.4, -0.2) is 27.5 Å². The molecule has 7 nitrogen and oxygen atoms in total. The van der Waals surface area contributed by atoms with Crippen molar-refractivity contribution in [1.82, 2.24) is 9.38 Å². The molecule has 0 bridgehead atoms. The summed E-state index contributed by atoms with van der Waals surface area (Å²) in [5.41, 5.74) is 0. The third kappa shape index (κ3) is 3.06. The molecule has 3 aromatic rings. The number of ether oxygens (including phenoxy) is 1. The Morgan fingerprint density at radius 3 is 3.00 bits per heavy atom. The van der Waals surface area contributed by atoms with Crippen LogP contribution in [0.4, 0.5) is 20.4 Å². The van der Waals surface area contributed by atoms with E-state index in [4.69, 9.17) is 4.74 Å². The van der Waals surface area contributed by atoms with Crippen LogP contribution >= 0.6 is 11.3 Å². The normalized spacial score (nSPS) is 10.9. The number of nitro groups is 1. The largest absolute Gasteiger partial charge is 0.489 e. The van der Waals surface area contributed by atoms with E-state index in [2.05, 4.69) is 10.3 Å². The summed E-state index contributed by atoms with van der Waals surface area (Å²) in [7, 11) is 0. The predicted molar refractivity (Wildman–Crippen MR) is 80.1 cm³/mol. The first-order chi connectivity index (χ1) is 11.1. The van der Waals surface area contributed by atoms with Crippen molar-refractivity contribution in [3.8, 4) is 5.75 Å². The Balaban J connectivity index is 1.64. The van der Waals surface area contributed by atoms with Gasteiger partial charge in [-0.3, -0.25) is 0 Å². The maximum absolute atomic E-state index is 13.4. The number of anilines is 1. The Morgan fingerprint density at radius 1 is 1.43 bits per heavy atom. The fourth-order valence-electron chi connectivity index (χ4n) is 1.99. The minimum absolute atomic E-state index is 0.0326. The minimum Gasteiger partial charge on any atom is -0.489 e. The van der Waals surface area contributed by atoms with Gasteiger partial charge in [0.15, 0.2) is 11.6 Å². The van der Waals surface area contributed by atoms with Gasteiger partial charge >= 0.3 is 5.82 Å². The monoisotopic (exact) mass is 340 g/mol. The van der Waals surface area contributed by atoms with Crippen molar-refractivity contribution in [3.63, 3.8) is 0 Å². The summed E-state index contributed by atoms with van der Waals surface area (Å²) in [6, 6.07) is 2.98. The predicted octanol–water partition coefficient (Wildman–Crippen LogP) is 3.07. The zero-order valence-electron chi connectivity index (χ0n) is 11.5. The van der Waals surface area contributed by atoms with Crippen molar-refractivity contribution < 1.29 is 18.4 Å². The van der Waals surface area contributed by atoms with Crippen LogP contribution in [0.15, 0.2) is 29.8 Å². The van der Waals surface area contributed by atoms with Gasteiger partial charge in [-0.2, -0.15) is 9.38 Å². The van der Waals surface area contributed by atoms with E-state index in [1.165, 1.54) is 21.8 Å². The molecule has 10 heteroatoms. The number of halogens is 2. The van der Waals surface area contributed by atoms with Crippen LogP contribution in [0.25, 0.3) is 4.96 Å². The summed E-state index contributed by atoms with van der Waals surface area (Å²) in [4.78, 5) is 15.2. The quantitative estimate of drug-likeness (QED) is 0.424. The van der Waals surface area contributed by atoms with Crippen molar-refractivity contribution >= 4 is 27.9 Å². The maximum Gasteiger partial charge on any atom is 0.372 e. The van der Waals surface area contributed by atoms with Gasteiger partial charge in [0.05, 0.1) is 6.54 Å². The molecule has 3 rings (SSSR count). The number of nitrogens with zero attached hydrogens (tertiary/aromatic N) is 3. The van der Waals surface area contributed by atoms with Gasteiger partial charge < -0.3 is 20.2 Å². The third-order valence-electron chi connectivity index (χ3n) is 2.96. The second-order valence-electron chi connectivity index (χ2n) is 4.45. The number of hydrogen-bond acceptors (Lipinski definition) is 6. The van der Waals surface area contributed by atoms with Crippen molar-refractivity contribution in [2.75, 3.05) is 18.5 Å². The van der Waals surface area contributed by atoms with Crippen LogP contribution in [0.5, 0.6) is 5.75 Å². The van der Waals surface area contributed by atoms with Crippen molar-refractivity contribution in [2.24, 2.45) is 0 Å². The molecule has 0 radical (unpaired) electrons. The molecule has 120 valence electrons. The van der Waals surface area contributed by atoms with Crippen molar-refractivity contribution in [1.29, 1.82) is 0 Å². The van der Waals surface area contributed by atoms with Crippen LogP contribution < -0.4 is 10.1 Å². The van der Waals surface area contributed by atoms with Gasteiger partial charge in [0, 0.05) is 11.4 Å². The van der Waals surface area contributed by atoms with E-state index < -0.39 is 16.6 Å². The smallest absolute Gasteiger partial charge is 0.372 e. The van der Waals surface area contributed by atoms with Crippen LogP contribution in [0.3, 0.4) is 0 Å². The number of fused-ring (bicyclic) bond motifs is 1. The van der Waals surface area contributed by atoms with E-state index in [0.717, 1.165) is 12.1 Å². The summed E-state index contributed by atoms with van der Waals surface area (Å²) in [6.45, 7) is 0.202. The summed E-state index contributed by atoms with van der Waals surface area (Å²) in [5.74, 6) is -1.65. The molecule has 1 N–H and O–H groups in total. The van der Waals surface area contributed by atoms with E-state index >= 15 is 0 Å². The van der Waals surface area contributed by atoms with Crippen LogP contribution in [-0.2, 0) is 0 Å². The molecular weight excluding hydrogens is 330 g/mol. The van der Waals surface area contributed by atoms with Gasteiger partial charge in [0.25, 0.3) is 4.96 Å². The number of thiazole rings is 1.